The van der Waals surface area contributed by atoms with Crippen LogP contribution in [0.1, 0.15) is 24.8 Å². The van der Waals surface area contributed by atoms with Gasteiger partial charge in [0.2, 0.25) is 5.91 Å². The maximum absolute atomic E-state index is 12.4. The Morgan fingerprint density at radius 3 is 2.50 bits per heavy atom. The van der Waals surface area contributed by atoms with Crippen molar-refractivity contribution in [2.24, 2.45) is 0 Å². The monoisotopic (exact) mass is 423 g/mol. The molecule has 30 heavy (non-hydrogen) atoms. The molecule has 2 heterocycles. The van der Waals surface area contributed by atoms with Gasteiger partial charge in [-0.3, -0.25) is 9.36 Å². The van der Waals surface area contributed by atoms with Crippen LogP contribution in [-0.2, 0) is 11.3 Å². The van der Waals surface area contributed by atoms with Crippen LogP contribution in [0.3, 0.4) is 0 Å². The quantitative estimate of drug-likeness (QED) is 0.570. The van der Waals surface area contributed by atoms with Crippen LogP contribution < -0.4 is 15.9 Å². The van der Waals surface area contributed by atoms with Gasteiger partial charge < -0.3 is 10.2 Å². The minimum absolute atomic E-state index is 0.132. The maximum Gasteiger partial charge on any atom is 0.344 e. The third kappa shape index (κ3) is 5.13. The summed E-state index contributed by atoms with van der Waals surface area (Å²) in [7, 11) is 0. The van der Waals surface area contributed by atoms with Crippen LogP contribution in [0.2, 0.25) is 0 Å². The second-order valence-corrected chi connectivity index (χ2v) is 8.26. The Morgan fingerprint density at radius 1 is 1.03 bits per heavy atom. The molecule has 1 fully saturated rings. The first kappa shape index (κ1) is 20.3. The summed E-state index contributed by atoms with van der Waals surface area (Å²) in [6, 6.07) is 17.7. The predicted molar refractivity (Wildman–Crippen MR) is 120 cm³/mol. The molecule has 0 bridgehead atoms. The van der Waals surface area contributed by atoms with E-state index < -0.39 is 0 Å². The van der Waals surface area contributed by atoms with E-state index in [1.807, 2.05) is 42.5 Å². The molecule has 3 aromatic rings. The summed E-state index contributed by atoms with van der Waals surface area (Å²) in [6.07, 6.45) is 3.77. The summed E-state index contributed by atoms with van der Waals surface area (Å²) >= 11 is 1.24. The second kappa shape index (κ2) is 9.67. The van der Waals surface area contributed by atoms with Gasteiger partial charge in [0.05, 0.1) is 12.3 Å². The minimum atomic E-state index is -0.282. The van der Waals surface area contributed by atoms with E-state index in [1.54, 1.807) is 4.57 Å². The number of carbonyl (C=O) groups is 1. The molecule has 1 aliphatic rings. The third-order valence-corrected chi connectivity index (χ3v) is 6.09. The first-order chi connectivity index (χ1) is 14.7. The molecule has 156 valence electrons. The largest absolute Gasteiger partial charge is 0.372 e. The summed E-state index contributed by atoms with van der Waals surface area (Å²) in [5.41, 5.74) is 2.68. The molecule has 2 aromatic carbocycles. The molecule has 8 heteroatoms. The summed E-state index contributed by atoms with van der Waals surface area (Å²) < 4.78 is 1.54. The first-order valence-corrected chi connectivity index (χ1v) is 11.1. The maximum atomic E-state index is 12.4. The molecule has 0 atom stereocenters. The Hall–Kier alpha value is -3.00. The first-order valence-electron chi connectivity index (χ1n) is 10.2. The van der Waals surface area contributed by atoms with Crippen LogP contribution in [0.25, 0.3) is 0 Å². The van der Waals surface area contributed by atoms with Crippen LogP contribution in [0.4, 0.5) is 11.4 Å². The number of amides is 1. The zero-order chi connectivity index (χ0) is 20.8. The lowest BCUT2D eigenvalue weighted by molar-refractivity contribution is -0.113. The Bertz CT molecular complexity index is 1020. The van der Waals surface area contributed by atoms with Crippen LogP contribution in [0.15, 0.2) is 64.5 Å². The molecule has 0 spiro atoms. The molecular weight excluding hydrogens is 398 g/mol. The zero-order valence-electron chi connectivity index (χ0n) is 16.7. The van der Waals surface area contributed by atoms with Gasteiger partial charge in [-0.25, -0.2) is 9.89 Å². The predicted octanol–water partition coefficient (Wildman–Crippen LogP) is 3.34. The van der Waals surface area contributed by atoms with Gasteiger partial charge in [0.15, 0.2) is 5.16 Å². The molecule has 1 saturated heterocycles. The Morgan fingerprint density at radius 2 is 1.77 bits per heavy atom. The third-order valence-electron chi connectivity index (χ3n) is 5.11. The van der Waals surface area contributed by atoms with Gasteiger partial charge in [0.25, 0.3) is 0 Å². The zero-order valence-corrected chi connectivity index (χ0v) is 17.5. The molecule has 2 N–H and O–H groups in total. The average Bonchev–Trinajstić information content (AvgIpc) is 3.13. The number of hydrogen-bond donors (Lipinski definition) is 2. The molecule has 0 aliphatic carbocycles. The van der Waals surface area contributed by atoms with Crippen molar-refractivity contribution in [3.05, 3.63) is 70.6 Å². The molecular formula is C22H25N5O2S. The number of rotatable bonds is 7. The van der Waals surface area contributed by atoms with E-state index in [1.165, 1.54) is 36.7 Å². The van der Waals surface area contributed by atoms with Gasteiger partial charge in [-0.1, -0.05) is 42.1 Å². The lowest BCUT2D eigenvalue weighted by Gasteiger charge is -2.28. The number of carbonyl (C=O) groups excluding carboxylic acids is 1. The molecule has 7 nitrogen and oxygen atoms in total. The molecule has 0 unspecified atom stereocenters. The number of aromatic nitrogens is 3. The highest BCUT2D eigenvalue weighted by molar-refractivity contribution is 7.99. The fourth-order valence-electron chi connectivity index (χ4n) is 3.55. The highest BCUT2D eigenvalue weighted by atomic mass is 32.2. The van der Waals surface area contributed by atoms with Gasteiger partial charge in [0, 0.05) is 24.5 Å². The average molecular weight is 424 g/mol. The summed E-state index contributed by atoms with van der Waals surface area (Å²) in [5, 5.41) is 9.94. The SMILES string of the molecule is O=C(CSc1n[nH]c(=O)n1Cc1ccccc1)Nc1ccc(N2CCCCC2)cc1. The fourth-order valence-corrected chi connectivity index (χ4v) is 4.30. The van der Waals surface area contributed by atoms with E-state index in [9.17, 15) is 9.59 Å². The van der Waals surface area contributed by atoms with E-state index in [2.05, 4.69) is 32.5 Å². The number of nitrogens with one attached hydrogen (secondary N) is 2. The van der Waals surface area contributed by atoms with Gasteiger partial charge in [-0.2, -0.15) is 0 Å². The van der Waals surface area contributed by atoms with E-state index in [-0.39, 0.29) is 17.3 Å². The van der Waals surface area contributed by atoms with Crippen LogP contribution in [0.5, 0.6) is 0 Å². The van der Waals surface area contributed by atoms with E-state index in [0.29, 0.717) is 11.7 Å². The number of anilines is 2. The van der Waals surface area contributed by atoms with Crippen molar-refractivity contribution in [3.8, 4) is 0 Å². The van der Waals surface area contributed by atoms with Crippen molar-refractivity contribution in [2.75, 3.05) is 29.1 Å². The number of piperidine rings is 1. The lowest BCUT2D eigenvalue weighted by atomic mass is 10.1. The van der Waals surface area contributed by atoms with E-state index >= 15 is 0 Å². The van der Waals surface area contributed by atoms with Crippen molar-refractivity contribution in [3.63, 3.8) is 0 Å². The minimum Gasteiger partial charge on any atom is -0.372 e. The Kier molecular flexibility index (Phi) is 6.53. The van der Waals surface area contributed by atoms with Crippen LogP contribution in [0, 0.1) is 0 Å². The van der Waals surface area contributed by atoms with Crippen LogP contribution in [-0.4, -0.2) is 39.5 Å². The number of thioether (sulfide) groups is 1. The molecule has 1 amide bonds. The van der Waals surface area contributed by atoms with Crippen molar-refractivity contribution in [2.45, 2.75) is 31.0 Å². The van der Waals surface area contributed by atoms with Gasteiger partial charge in [-0.15, -0.1) is 5.10 Å². The lowest BCUT2D eigenvalue weighted by Crippen LogP contribution is -2.29. The molecule has 4 rings (SSSR count). The molecule has 1 aromatic heterocycles. The number of benzene rings is 2. The second-order valence-electron chi connectivity index (χ2n) is 7.31. The Balaban J connectivity index is 1.32. The number of aromatic amines is 1. The molecule has 0 saturated carbocycles. The summed E-state index contributed by atoms with van der Waals surface area (Å²) in [6.45, 7) is 2.60. The fraction of sp³-hybridized carbons (Fsp3) is 0.318. The van der Waals surface area contributed by atoms with Crippen molar-refractivity contribution in [1.29, 1.82) is 0 Å². The highest BCUT2D eigenvalue weighted by Crippen LogP contribution is 2.22. The topological polar surface area (TPSA) is 83.0 Å². The number of H-pyrrole nitrogens is 1. The van der Waals surface area contributed by atoms with Gasteiger partial charge in [0.1, 0.15) is 0 Å². The smallest absolute Gasteiger partial charge is 0.344 e. The van der Waals surface area contributed by atoms with E-state index in [4.69, 9.17) is 0 Å². The highest BCUT2D eigenvalue weighted by Gasteiger charge is 2.13. The van der Waals surface area contributed by atoms with Crippen LogP contribution >= 0.6 is 11.8 Å². The molecule has 0 radical (unpaired) electrons. The Labute approximate surface area is 179 Å². The molecule has 1 aliphatic heterocycles. The number of nitrogens with zero attached hydrogens (tertiary/aromatic N) is 3. The van der Waals surface area contributed by atoms with Crippen molar-refractivity contribution < 1.29 is 4.79 Å². The van der Waals surface area contributed by atoms with E-state index in [0.717, 1.165) is 24.3 Å². The standard InChI is InChI=1S/C22H25N5O2S/c28-20(23-18-9-11-19(12-10-18)26-13-5-2-6-14-26)16-30-22-25-24-21(29)27(22)15-17-7-3-1-4-8-17/h1,3-4,7-12H,2,5-6,13-16H2,(H,23,28)(H,24,29). The van der Waals surface area contributed by atoms with Crippen molar-refractivity contribution in [1.82, 2.24) is 14.8 Å². The number of hydrogen-bond acceptors (Lipinski definition) is 5. The van der Waals surface area contributed by atoms with Gasteiger partial charge in [-0.05, 0) is 49.1 Å². The summed E-state index contributed by atoms with van der Waals surface area (Å²) in [4.78, 5) is 26.8. The normalized spacial score (nSPS) is 13.9. The van der Waals surface area contributed by atoms with Gasteiger partial charge >= 0.3 is 5.69 Å². The van der Waals surface area contributed by atoms with Crippen molar-refractivity contribution >= 4 is 29.0 Å². The summed E-state index contributed by atoms with van der Waals surface area (Å²) in [5.74, 6) is 0.0416.